The second-order valence-electron chi connectivity index (χ2n) is 5.53. The lowest BCUT2D eigenvalue weighted by Gasteiger charge is -2.07. The van der Waals surface area contributed by atoms with Gasteiger partial charge in [0.1, 0.15) is 17.4 Å². The van der Waals surface area contributed by atoms with Crippen LogP contribution in [0.4, 0.5) is 0 Å². The minimum atomic E-state index is -0.740. The normalized spacial score (nSPS) is 12.5. The topological polar surface area (TPSA) is 62.5 Å². The second-order valence-corrected chi connectivity index (χ2v) is 5.53. The average Bonchev–Trinajstić information content (AvgIpc) is 3.05. The van der Waals surface area contributed by atoms with Gasteiger partial charge in [0.15, 0.2) is 0 Å². The Labute approximate surface area is 140 Å². The number of rotatable bonds is 6. The van der Waals surface area contributed by atoms with E-state index in [1.807, 2.05) is 60.7 Å². The fourth-order valence-electron chi connectivity index (χ4n) is 2.44. The number of carbonyl (C=O) groups is 1. The Kier molecular flexibility index (Phi) is 5.08. The Bertz CT molecular complexity index is 803. The molecule has 0 spiro atoms. The van der Waals surface area contributed by atoms with Gasteiger partial charge in [-0.2, -0.15) is 0 Å². The molecule has 1 aromatic heterocycles. The molecule has 0 saturated carbocycles. The molecule has 1 atom stereocenters. The van der Waals surface area contributed by atoms with Gasteiger partial charge in [-0.25, -0.2) is 0 Å². The predicted octanol–water partition coefficient (Wildman–Crippen LogP) is 3.69. The minimum absolute atomic E-state index is 0.185. The summed E-state index contributed by atoms with van der Waals surface area (Å²) in [6.45, 7) is 0.371. The largest absolute Gasteiger partial charge is 0.458 e. The van der Waals surface area contributed by atoms with Crippen LogP contribution in [0.3, 0.4) is 0 Å². The van der Waals surface area contributed by atoms with Crippen LogP contribution in [0, 0.1) is 0 Å². The summed E-state index contributed by atoms with van der Waals surface area (Å²) in [5.41, 5.74) is 1.72. The molecule has 0 radical (unpaired) electrons. The van der Waals surface area contributed by atoms with Gasteiger partial charge in [-0.3, -0.25) is 4.79 Å². The minimum Gasteiger partial charge on any atom is -0.458 e. The van der Waals surface area contributed by atoms with Gasteiger partial charge in [0.05, 0.1) is 0 Å². The zero-order chi connectivity index (χ0) is 16.8. The van der Waals surface area contributed by atoms with Gasteiger partial charge in [0.25, 0.3) is 0 Å². The Balaban J connectivity index is 1.48. The highest BCUT2D eigenvalue weighted by molar-refractivity contribution is 5.91. The molecule has 0 aliphatic heterocycles. The number of hydrogen-bond acceptors (Lipinski definition) is 3. The molecule has 3 aromatic rings. The molecule has 1 heterocycles. The first-order valence-electron chi connectivity index (χ1n) is 7.90. The maximum Gasteiger partial charge on any atom is 0.244 e. The van der Waals surface area contributed by atoms with Crippen molar-refractivity contribution in [2.45, 2.75) is 12.5 Å². The van der Waals surface area contributed by atoms with Crippen molar-refractivity contribution in [3.8, 4) is 0 Å². The number of amides is 1. The predicted molar refractivity (Wildman–Crippen MR) is 94.3 cm³/mol. The number of aliphatic hydroxyl groups is 1. The Hall–Kier alpha value is -2.85. The number of aliphatic hydroxyl groups excluding tert-OH is 1. The van der Waals surface area contributed by atoms with Crippen LogP contribution in [0.25, 0.3) is 17.0 Å². The number of benzene rings is 2. The molecule has 1 unspecified atom stereocenters. The average molecular weight is 321 g/mol. The maximum atomic E-state index is 11.8. The zero-order valence-corrected chi connectivity index (χ0v) is 13.2. The molecule has 4 heteroatoms. The lowest BCUT2D eigenvalue weighted by Crippen LogP contribution is -2.23. The summed E-state index contributed by atoms with van der Waals surface area (Å²) in [7, 11) is 0. The van der Waals surface area contributed by atoms with Crippen molar-refractivity contribution in [1.29, 1.82) is 0 Å². The van der Waals surface area contributed by atoms with Crippen LogP contribution in [0.5, 0.6) is 0 Å². The van der Waals surface area contributed by atoms with Gasteiger partial charge >= 0.3 is 0 Å². The molecule has 2 aromatic carbocycles. The first kappa shape index (κ1) is 16.0. The SMILES string of the molecule is O=C(/C=C/c1ccccc1)NCCC(O)c1cc2ccccc2o1. The van der Waals surface area contributed by atoms with E-state index in [9.17, 15) is 9.90 Å². The summed E-state index contributed by atoms with van der Waals surface area (Å²) < 4.78 is 5.62. The first-order chi connectivity index (χ1) is 11.7. The molecule has 0 aliphatic carbocycles. The lowest BCUT2D eigenvalue weighted by molar-refractivity contribution is -0.116. The van der Waals surface area contributed by atoms with Crippen LogP contribution >= 0.6 is 0 Å². The second kappa shape index (κ2) is 7.62. The molecule has 1 amide bonds. The molecular weight excluding hydrogens is 302 g/mol. The summed E-state index contributed by atoms with van der Waals surface area (Å²) in [5.74, 6) is 0.334. The van der Waals surface area contributed by atoms with Gasteiger partial charge in [-0.15, -0.1) is 0 Å². The first-order valence-corrected chi connectivity index (χ1v) is 7.90. The van der Waals surface area contributed by atoms with Gasteiger partial charge < -0.3 is 14.8 Å². The van der Waals surface area contributed by atoms with Gasteiger partial charge in [-0.1, -0.05) is 48.5 Å². The third-order valence-corrected chi connectivity index (χ3v) is 3.72. The van der Waals surface area contributed by atoms with Crippen molar-refractivity contribution in [1.82, 2.24) is 5.32 Å². The smallest absolute Gasteiger partial charge is 0.244 e. The van der Waals surface area contributed by atoms with E-state index >= 15 is 0 Å². The fraction of sp³-hybridized carbons (Fsp3) is 0.150. The standard InChI is InChI=1S/C20H19NO3/c22-17(19-14-16-8-4-5-9-18(16)24-19)12-13-21-20(23)11-10-15-6-2-1-3-7-15/h1-11,14,17,22H,12-13H2,(H,21,23)/b11-10+. The molecule has 0 saturated heterocycles. The van der Waals surface area contributed by atoms with Crippen LogP contribution in [-0.4, -0.2) is 17.6 Å². The zero-order valence-electron chi connectivity index (χ0n) is 13.2. The highest BCUT2D eigenvalue weighted by Crippen LogP contribution is 2.25. The number of furan rings is 1. The van der Waals surface area contributed by atoms with Crippen LogP contribution in [-0.2, 0) is 4.79 Å². The maximum absolute atomic E-state index is 11.8. The van der Waals surface area contributed by atoms with Crippen molar-refractivity contribution in [2.75, 3.05) is 6.54 Å². The van der Waals surface area contributed by atoms with E-state index in [2.05, 4.69) is 5.32 Å². The summed E-state index contributed by atoms with van der Waals surface area (Å²) in [4.78, 5) is 11.8. The molecular formula is C20H19NO3. The monoisotopic (exact) mass is 321 g/mol. The third-order valence-electron chi connectivity index (χ3n) is 3.72. The van der Waals surface area contributed by atoms with Gasteiger partial charge in [0, 0.05) is 18.0 Å². The fourth-order valence-corrected chi connectivity index (χ4v) is 2.44. The molecule has 0 fully saturated rings. The van der Waals surface area contributed by atoms with E-state index in [0.29, 0.717) is 18.7 Å². The highest BCUT2D eigenvalue weighted by atomic mass is 16.4. The Morgan fingerprint density at radius 3 is 2.67 bits per heavy atom. The van der Waals surface area contributed by atoms with Crippen molar-refractivity contribution in [3.05, 3.63) is 78.1 Å². The molecule has 3 rings (SSSR count). The molecule has 24 heavy (non-hydrogen) atoms. The number of nitrogens with one attached hydrogen (secondary N) is 1. The van der Waals surface area contributed by atoms with Crippen LogP contribution in [0.2, 0.25) is 0 Å². The van der Waals surface area contributed by atoms with Gasteiger partial charge in [0.2, 0.25) is 5.91 Å². The summed E-state index contributed by atoms with van der Waals surface area (Å²) >= 11 is 0. The number of carbonyl (C=O) groups excluding carboxylic acids is 1. The number of fused-ring (bicyclic) bond motifs is 1. The quantitative estimate of drug-likeness (QED) is 0.681. The molecule has 2 N–H and O–H groups in total. The highest BCUT2D eigenvalue weighted by Gasteiger charge is 2.13. The van der Waals surface area contributed by atoms with Crippen LogP contribution in [0.1, 0.15) is 23.8 Å². The lowest BCUT2D eigenvalue weighted by atomic mass is 10.2. The Morgan fingerprint density at radius 1 is 1.12 bits per heavy atom. The van der Waals surface area contributed by atoms with E-state index in [0.717, 1.165) is 16.5 Å². The van der Waals surface area contributed by atoms with Crippen LogP contribution < -0.4 is 5.32 Å². The van der Waals surface area contributed by atoms with Crippen molar-refractivity contribution in [3.63, 3.8) is 0 Å². The number of para-hydroxylation sites is 1. The van der Waals surface area contributed by atoms with E-state index in [-0.39, 0.29) is 5.91 Å². The Morgan fingerprint density at radius 2 is 1.88 bits per heavy atom. The van der Waals surface area contributed by atoms with E-state index in [1.54, 1.807) is 6.08 Å². The molecule has 0 aliphatic rings. The van der Waals surface area contributed by atoms with Crippen molar-refractivity contribution in [2.24, 2.45) is 0 Å². The number of hydrogen-bond donors (Lipinski definition) is 2. The summed E-state index contributed by atoms with van der Waals surface area (Å²) in [6.07, 6.45) is 2.90. The van der Waals surface area contributed by atoms with E-state index in [1.165, 1.54) is 6.08 Å². The van der Waals surface area contributed by atoms with Crippen molar-refractivity contribution >= 4 is 23.0 Å². The van der Waals surface area contributed by atoms with E-state index in [4.69, 9.17) is 4.42 Å². The van der Waals surface area contributed by atoms with E-state index < -0.39 is 6.10 Å². The molecule has 4 nitrogen and oxygen atoms in total. The van der Waals surface area contributed by atoms with Crippen LogP contribution in [0.15, 0.2) is 71.2 Å². The van der Waals surface area contributed by atoms with Gasteiger partial charge in [-0.05, 0) is 30.2 Å². The molecule has 0 bridgehead atoms. The molecule has 122 valence electrons. The third kappa shape index (κ3) is 4.12. The van der Waals surface area contributed by atoms with Crippen molar-refractivity contribution < 1.29 is 14.3 Å². The summed E-state index contributed by atoms with van der Waals surface area (Å²) in [5, 5.41) is 13.9. The summed E-state index contributed by atoms with van der Waals surface area (Å²) in [6, 6.07) is 19.1.